The van der Waals surface area contributed by atoms with E-state index in [0.717, 1.165) is 11.3 Å². The van der Waals surface area contributed by atoms with E-state index >= 15 is 0 Å². The van der Waals surface area contributed by atoms with Gasteiger partial charge < -0.3 is 10.4 Å². The highest BCUT2D eigenvalue weighted by molar-refractivity contribution is 5.77. The second-order valence-corrected chi connectivity index (χ2v) is 3.69. The molecule has 3 nitrogen and oxygen atoms in total. The highest BCUT2D eigenvalue weighted by Gasteiger charge is 2.15. The lowest BCUT2D eigenvalue weighted by Gasteiger charge is -2.16. The zero-order valence-electron chi connectivity index (χ0n) is 9.37. The first kappa shape index (κ1) is 11.6. The SMILES string of the molecule is CC[C@H](Nc1cccc(C)c1C)C(=O)O. The molecule has 0 heterocycles. The molecule has 2 N–H and O–H groups in total. The molecular formula is C12H17NO2. The summed E-state index contributed by atoms with van der Waals surface area (Å²) in [7, 11) is 0. The molecule has 0 spiro atoms. The van der Waals surface area contributed by atoms with Gasteiger partial charge in [-0.1, -0.05) is 19.1 Å². The summed E-state index contributed by atoms with van der Waals surface area (Å²) in [6.45, 7) is 5.87. The highest BCUT2D eigenvalue weighted by Crippen LogP contribution is 2.19. The van der Waals surface area contributed by atoms with Gasteiger partial charge in [-0.2, -0.15) is 0 Å². The molecule has 0 fully saturated rings. The number of nitrogens with one attached hydrogen (secondary N) is 1. The van der Waals surface area contributed by atoms with E-state index in [4.69, 9.17) is 5.11 Å². The minimum atomic E-state index is -0.807. The molecule has 0 saturated heterocycles. The maximum absolute atomic E-state index is 10.9. The Morgan fingerprint density at radius 2 is 2.13 bits per heavy atom. The highest BCUT2D eigenvalue weighted by atomic mass is 16.4. The smallest absolute Gasteiger partial charge is 0.326 e. The summed E-state index contributed by atoms with van der Waals surface area (Å²) < 4.78 is 0. The van der Waals surface area contributed by atoms with Gasteiger partial charge in [0.2, 0.25) is 0 Å². The summed E-state index contributed by atoms with van der Waals surface area (Å²) in [6, 6.07) is 5.35. The molecule has 0 aliphatic rings. The molecule has 0 unspecified atom stereocenters. The molecular weight excluding hydrogens is 190 g/mol. The molecule has 0 amide bonds. The predicted molar refractivity (Wildman–Crippen MR) is 61.3 cm³/mol. The molecule has 82 valence electrons. The second-order valence-electron chi connectivity index (χ2n) is 3.69. The first-order valence-corrected chi connectivity index (χ1v) is 5.11. The third kappa shape index (κ3) is 2.72. The normalized spacial score (nSPS) is 12.2. The van der Waals surface area contributed by atoms with Crippen LogP contribution in [-0.4, -0.2) is 17.1 Å². The molecule has 1 aromatic carbocycles. The second kappa shape index (κ2) is 4.82. The lowest BCUT2D eigenvalue weighted by molar-refractivity contribution is -0.137. The van der Waals surface area contributed by atoms with Crippen LogP contribution in [0.4, 0.5) is 5.69 Å². The van der Waals surface area contributed by atoms with Gasteiger partial charge in [0.15, 0.2) is 0 Å². The van der Waals surface area contributed by atoms with Crippen LogP contribution in [0.5, 0.6) is 0 Å². The van der Waals surface area contributed by atoms with Crippen molar-refractivity contribution in [1.82, 2.24) is 0 Å². The Kier molecular flexibility index (Phi) is 3.72. The van der Waals surface area contributed by atoms with Gasteiger partial charge in [-0.15, -0.1) is 0 Å². The number of anilines is 1. The summed E-state index contributed by atoms with van der Waals surface area (Å²) in [4.78, 5) is 10.9. The van der Waals surface area contributed by atoms with Crippen molar-refractivity contribution in [2.24, 2.45) is 0 Å². The summed E-state index contributed by atoms with van der Waals surface area (Å²) in [5.74, 6) is -0.807. The Bertz CT molecular complexity index is 361. The Balaban J connectivity index is 2.88. The van der Waals surface area contributed by atoms with Crippen molar-refractivity contribution in [2.75, 3.05) is 5.32 Å². The van der Waals surface area contributed by atoms with E-state index < -0.39 is 12.0 Å². The summed E-state index contributed by atoms with van der Waals surface area (Å²) >= 11 is 0. The largest absolute Gasteiger partial charge is 0.480 e. The molecule has 1 aromatic rings. The average Bonchev–Trinajstić information content (AvgIpc) is 2.19. The van der Waals surface area contributed by atoms with Crippen molar-refractivity contribution in [3.05, 3.63) is 29.3 Å². The molecule has 0 saturated carbocycles. The average molecular weight is 207 g/mol. The Hall–Kier alpha value is -1.51. The molecule has 1 atom stereocenters. The van der Waals surface area contributed by atoms with Gasteiger partial charge in [0.25, 0.3) is 0 Å². The number of hydrogen-bond donors (Lipinski definition) is 2. The molecule has 3 heteroatoms. The van der Waals surface area contributed by atoms with E-state index in [-0.39, 0.29) is 0 Å². The summed E-state index contributed by atoms with van der Waals surface area (Å²) in [5, 5.41) is 12.0. The molecule has 0 aliphatic heterocycles. The maximum Gasteiger partial charge on any atom is 0.326 e. The molecule has 0 aliphatic carbocycles. The fourth-order valence-electron chi connectivity index (χ4n) is 1.43. The molecule has 0 radical (unpaired) electrons. The number of aliphatic carboxylic acids is 1. The lowest BCUT2D eigenvalue weighted by atomic mass is 10.1. The fraction of sp³-hybridized carbons (Fsp3) is 0.417. The third-order valence-corrected chi connectivity index (χ3v) is 2.64. The molecule has 0 bridgehead atoms. The van der Waals surface area contributed by atoms with E-state index in [0.29, 0.717) is 6.42 Å². The standard InChI is InChI=1S/C12H17NO2/c1-4-10(12(14)15)13-11-7-5-6-8(2)9(11)3/h5-7,10,13H,4H2,1-3H3,(H,14,15)/t10-/m0/s1. The van der Waals surface area contributed by atoms with Gasteiger partial charge in [-0.25, -0.2) is 4.79 Å². The lowest BCUT2D eigenvalue weighted by Crippen LogP contribution is -2.28. The van der Waals surface area contributed by atoms with Crippen molar-refractivity contribution in [3.8, 4) is 0 Å². The number of hydrogen-bond acceptors (Lipinski definition) is 2. The Morgan fingerprint density at radius 1 is 1.47 bits per heavy atom. The maximum atomic E-state index is 10.9. The van der Waals surface area contributed by atoms with Crippen LogP contribution < -0.4 is 5.32 Å². The van der Waals surface area contributed by atoms with E-state index in [1.54, 1.807) is 0 Å². The van der Waals surface area contributed by atoms with E-state index in [2.05, 4.69) is 5.32 Å². The first-order valence-electron chi connectivity index (χ1n) is 5.11. The predicted octanol–water partition coefficient (Wildman–Crippen LogP) is 2.58. The molecule has 15 heavy (non-hydrogen) atoms. The van der Waals surface area contributed by atoms with Gasteiger partial charge in [0.05, 0.1) is 0 Å². The van der Waals surface area contributed by atoms with Crippen LogP contribution in [0.3, 0.4) is 0 Å². The van der Waals surface area contributed by atoms with Crippen molar-refractivity contribution in [3.63, 3.8) is 0 Å². The fourth-order valence-corrected chi connectivity index (χ4v) is 1.43. The number of carboxylic acid groups (broad SMARTS) is 1. The zero-order chi connectivity index (χ0) is 11.4. The van der Waals surface area contributed by atoms with Crippen molar-refractivity contribution < 1.29 is 9.90 Å². The van der Waals surface area contributed by atoms with E-state index in [1.807, 2.05) is 39.0 Å². The molecule has 0 aromatic heterocycles. The summed E-state index contributed by atoms with van der Waals surface area (Å²) in [6.07, 6.45) is 0.572. The van der Waals surface area contributed by atoms with Crippen LogP contribution in [0.1, 0.15) is 24.5 Å². The van der Waals surface area contributed by atoms with Gasteiger partial charge in [0, 0.05) is 5.69 Å². The minimum absolute atomic E-state index is 0.509. The quantitative estimate of drug-likeness (QED) is 0.797. The van der Waals surface area contributed by atoms with Crippen molar-refractivity contribution in [2.45, 2.75) is 33.2 Å². The number of carboxylic acids is 1. The van der Waals surface area contributed by atoms with Crippen LogP contribution in [0, 0.1) is 13.8 Å². The Morgan fingerprint density at radius 3 is 2.67 bits per heavy atom. The number of carbonyl (C=O) groups is 1. The van der Waals surface area contributed by atoms with Crippen LogP contribution in [0.25, 0.3) is 0 Å². The zero-order valence-corrected chi connectivity index (χ0v) is 9.37. The third-order valence-electron chi connectivity index (χ3n) is 2.64. The molecule has 1 rings (SSSR count). The van der Waals surface area contributed by atoms with Gasteiger partial charge in [-0.05, 0) is 37.5 Å². The van der Waals surface area contributed by atoms with Gasteiger partial charge in [-0.3, -0.25) is 0 Å². The topological polar surface area (TPSA) is 49.3 Å². The van der Waals surface area contributed by atoms with E-state index in [1.165, 1.54) is 5.56 Å². The Labute approximate surface area is 90.1 Å². The number of rotatable bonds is 4. The van der Waals surface area contributed by atoms with Gasteiger partial charge in [0.1, 0.15) is 6.04 Å². The number of aryl methyl sites for hydroxylation is 1. The van der Waals surface area contributed by atoms with Crippen LogP contribution in [-0.2, 0) is 4.79 Å². The van der Waals surface area contributed by atoms with E-state index in [9.17, 15) is 4.79 Å². The first-order chi connectivity index (χ1) is 7.06. The minimum Gasteiger partial charge on any atom is -0.480 e. The van der Waals surface area contributed by atoms with Crippen LogP contribution >= 0.6 is 0 Å². The van der Waals surface area contributed by atoms with Crippen LogP contribution in [0.2, 0.25) is 0 Å². The van der Waals surface area contributed by atoms with Crippen LogP contribution in [0.15, 0.2) is 18.2 Å². The van der Waals surface area contributed by atoms with Crippen molar-refractivity contribution >= 4 is 11.7 Å². The number of benzene rings is 1. The van der Waals surface area contributed by atoms with Gasteiger partial charge >= 0.3 is 5.97 Å². The van der Waals surface area contributed by atoms with Crippen molar-refractivity contribution in [1.29, 1.82) is 0 Å². The monoisotopic (exact) mass is 207 g/mol. The summed E-state index contributed by atoms with van der Waals surface area (Å²) in [5.41, 5.74) is 3.18.